The smallest absolute Gasteiger partial charge is 0.123 e. The van der Waals surface area contributed by atoms with Gasteiger partial charge in [0.2, 0.25) is 0 Å². The Bertz CT molecular complexity index is 832. The fourth-order valence-electron chi connectivity index (χ4n) is 3.22. The van der Waals surface area contributed by atoms with Gasteiger partial charge in [-0.25, -0.2) is 0 Å². The zero-order valence-electron chi connectivity index (χ0n) is 15.2. The summed E-state index contributed by atoms with van der Waals surface area (Å²) in [7, 11) is 1.70. The summed E-state index contributed by atoms with van der Waals surface area (Å²) in [6, 6.07) is 26.6. The van der Waals surface area contributed by atoms with Crippen molar-refractivity contribution in [3.8, 4) is 5.75 Å². The van der Waals surface area contributed by atoms with Crippen LogP contribution < -0.4 is 10.1 Å². The van der Waals surface area contributed by atoms with Crippen LogP contribution in [-0.2, 0) is 6.61 Å². The lowest BCUT2D eigenvalue weighted by Crippen LogP contribution is -2.26. The van der Waals surface area contributed by atoms with Crippen molar-refractivity contribution in [3.63, 3.8) is 0 Å². The molecule has 2 N–H and O–H groups in total. The Kier molecular flexibility index (Phi) is 6.05. The lowest BCUT2D eigenvalue weighted by Gasteiger charge is -2.26. The van der Waals surface area contributed by atoms with E-state index in [1.165, 1.54) is 5.56 Å². The SMILES string of the molecule is COc1ccccc1C(NC(C)c1cccc(CO)c1)c1ccccc1. The normalized spacial score (nSPS) is 13.2. The molecule has 2 unspecified atom stereocenters. The summed E-state index contributed by atoms with van der Waals surface area (Å²) >= 11 is 0. The molecule has 3 heteroatoms. The van der Waals surface area contributed by atoms with E-state index in [-0.39, 0.29) is 18.7 Å². The molecule has 0 radical (unpaired) electrons. The lowest BCUT2D eigenvalue weighted by molar-refractivity contribution is 0.281. The molecule has 0 aliphatic carbocycles. The molecule has 3 nitrogen and oxygen atoms in total. The Balaban J connectivity index is 1.96. The minimum absolute atomic E-state index is 0.000123. The monoisotopic (exact) mass is 347 g/mol. The van der Waals surface area contributed by atoms with E-state index in [0.717, 1.165) is 22.4 Å². The fraction of sp³-hybridized carbons (Fsp3) is 0.217. The number of ether oxygens (including phenoxy) is 1. The Morgan fingerprint density at radius 2 is 1.58 bits per heavy atom. The summed E-state index contributed by atoms with van der Waals surface area (Å²) in [6.45, 7) is 2.19. The van der Waals surface area contributed by atoms with Crippen LogP contribution in [-0.4, -0.2) is 12.2 Å². The third kappa shape index (κ3) is 4.13. The highest BCUT2D eigenvalue weighted by Gasteiger charge is 2.20. The van der Waals surface area contributed by atoms with Crippen LogP contribution in [0.5, 0.6) is 5.75 Å². The number of rotatable bonds is 7. The van der Waals surface area contributed by atoms with Crippen LogP contribution in [0, 0.1) is 0 Å². The van der Waals surface area contributed by atoms with Gasteiger partial charge >= 0.3 is 0 Å². The van der Waals surface area contributed by atoms with Crippen LogP contribution in [0.25, 0.3) is 0 Å². The van der Waals surface area contributed by atoms with Crippen LogP contribution in [0.4, 0.5) is 0 Å². The van der Waals surface area contributed by atoms with Gasteiger partial charge in [-0.15, -0.1) is 0 Å². The van der Waals surface area contributed by atoms with Gasteiger partial charge < -0.3 is 9.84 Å². The Hall–Kier alpha value is -2.62. The average molecular weight is 347 g/mol. The predicted molar refractivity (Wildman–Crippen MR) is 105 cm³/mol. The van der Waals surface area contributed by atoms with Gasteiger partial charge in [-0.05, 0) is 29.7 Å². The van der Waals surface area contributed by atoms with E-state index in [4.69, 9.17) is 4.74 Å². The van der Waals surface area contributed by atoms with E-state index < -0.39 is 0 Å². The molecule has 3 aromatic rings. The van der Waals surface area contributed by atoms with Crippen molar-refractivity contribution in [2.75, 3.05) is 7.11 Å². The molecule has 3 aromatic carbocycles. The van der Waals surface area contributed by atoms with Crippen molar-refractivity contribution in [3.05, 3.63) is 101 Å². The molecule has 3 rings (SSSR count). The fourth-order valence-corrected chi connectivity index (χ4v) is 3.22. The van der Waals surface area contributed by atoms with Gasteiger partial charge in [0.25, 0.3) is 0 Å². The molecule has 0 amide bonds. The molecule has 0 heterocycles. The Morgan fingerprint density at radius 3 is 2.31 bits per heavy atom. The van der Waals surface area contributed by atoms with Gasteiger partial charge in [0.15, 0.2) is 0 Å². The summed E-state index contributed by atoms with van der Waals surface area (Å²) in [4.78, 5) is 0. The van der Waals surface area contributed by atoms with Crippen molar-refractivity contribution in [1.82, 2.24) is 5.32 Å². The highest BCUT2D eigenvalue weighted by atomic mass is 16.5. The highest BCUT2D eigenvalue weighted by Crippen LogP contribution is 2.32. The largest absolute Gasteiger partial charge is 0.496 e. The van der Waals surface area contributed by atoms with Crippen LogP contribution in [0.15, 0.2) is 78.9 Å². The maximum atomic E-state index is 9.41. The predicted octanol–water partition coefficient (Wildman–Crippen LogP) is 4.63. The standard InChI is InChI=1S/C23H25NO2/c1-17(20-12-8-9-18(15-20)16-25)24-23(19-10-4-3-5-11-19)21-13-6-7-14-22(21)26-2/h3-15,17,23-25H,16H2,1-2H3. The molecule has 134 valence electrons. The molecule has 2 atom stereocenters. The summed E-state index contributed by atoms with van der Waals surface area (Å²) < 4.78 is 5.60. The quantitative estimate of drug-likeness (QED) is 0.655. The number of hydrogen-bond donors (Lipinski definition) is 2. The third-order valence-electron chi connectivity index (χ3n) is 4.63. The number of benzene rings is 3. The Labute approximate surface area is 155 Å². The van der Waals surface area contributed by atoms with Crippen molar-refractivity contribution >= 4 is 0 Å². The third-order valence-corrected chi connectivity index (χ3v) is 4.63. The minimum Gasteiger partial charge on any atom is -0.496 e. The number of methoxy groups -OCH3 is 1. The number of nitrogens with one attached hydrogen (secondary N) is 1. The first-order valence-corrected chi connectivity index (χ1v) is 8.86. The molecule has 0 aliphatic rings. The van der Waals surface area contributed by atoms with Crippen molar-refractivity contribution < 1.29 is 9.84 Å². The molecule has 0 aliphatic heterocycles. The van der Waals surface area contributed by atoms with Gasteiger partial charge in [-0.2, -0.15) is 0 Å². The highest BCUT2D eigenvalue weighted by molar-refractivity contribution is 5.42. The number of hydrogen-bond acceptors (Lipinski definition) is 3. The minimum atomic E-state index is 0.000123. The summed E-state index contributed by atoms with van der Waals surface area (Å²) in [6.07, 6.45) is 0. The van der Waals surface area contributed by atoms with Crippen molar-refractivity contribution in [2.45, 2.75) is 25.6 Å². The van der Waals surface area contributed by atoms with Gasteiger partial charge in [0.1, 0.15) is 5.75 Å². The number of aliphatic hydroxyl groups excluding tert-OH is 1. The van der Waals surface area contributed by atoms with Gasteiger partial charge in [-0.1, -0.05) is 72.8 Å². The molecular weight excluding hydrogens is 322 g/mol. The zero-order chi connectivity index (χ0) is 18.4. The zero-order valence-corrected chi connectivity index (χ0v) is 15.2. The van der Waals surface area contributed by atoms with E-state index in [1.54, 1.807) is 7.11 Å². The van der Waals surface area contributed by atoms with Crippen LogP contribution in [0.2, 0.25) is 0 Å². The lowest BCUT2D eigenvalue weighted by atomic mass is 9.95. The molecule has 0 spiro atoms. The average Bonchev–Trinajstić information content (AvgIpc) is 2.72. The van der Waals surface area contributed by atoms with Crippen LogP contribution in [0.3, 0.4) is 0 Å². The molecule has 0 saturated carbocycles. The second kappa shape index (κ2) is 8.65. The first-order chi connectivity index (χ1) is 12.7. The number of para-hydroxylation sites is 1. The van der Waals surface area contributed by atoms with E-state index in [9.17, 15) is 5.11 Å². The second-order valence-corrected chi connectivity index (χ2v) is 6.38. The first kappa shape index (κ1) is 18.2. The van der Waals surface area contributed by atoms with Crippen LogP contribution in [0.1, 0.15) is 41.3 Å². The molecule has 26 heavy (non-hydrogen) atoms. The summed E-state index contributed by atoms with van der Waals surface area (Å²) in [5.74, 6) is 0.866. The van der Waals surface area contributed by atoms with Crippen LogP contribution >= 0.6 is 0 Å². The maximum absolute atomic E-state index is 9.41. The summed E-state index contributed by atoms with van der Waals surface area (Å²) in [5, 5.41) is 13.1. The first-order valence-electron chi connectivity index (χ1n) is 8.86. The summed E-state index contributed by atoms with van der Waals surface area (Å²) in [5.41, 5.74) is 4.35. The van der Waals surface area contributed by atoms with Crippen molar-refractivity contribution in [2.24, 2.45) is 0 Å². The van der Waals surface area contributed by atoms with Gasteiger partial charge in [0, 0.05) is 11.6 Å². The molecule has 0 saturated heterocycles. The molecule has 0 fully saturated rings. The number of aliphatic hydroxyl groups is 1. The van der Waals surface area contributed by atoms with E-state index in [2.05, 4.69) is 48.6 Å². The topological polar surface area (TPSA) is 41.5 Å². The molecule has 0 aromatic heterocycles. The van der Waals surface area contributed by atoms with E-state index >= 15 is 0 Å². The molecule has 0 bridgehead atoms. The maximum Gasteiger partial charge on any atom is 0.123 e. The van der Waals surface area contributed by atoms with Gasteiger partial charge in [0.05, 0.1) is 19.8 Å². The van der Waals surface area contributed by atoms with E-state index in [1.807, 2.05) is 42.5 Å². The van der Waals surface area contributed by atoms with Gasteiger partial charge in [-0.3, -0.25) is 5.32 Å². The molecular formula is C23H25NO2. The van der Waals surface area contributed by atoms with E-state index in [0.29, 0.717) is 0 Å². The second-order valence-electron chi connectivity index (χ2n) is 6.38. The van der Waals surface area contributed by atoms with Crippen molar-refractivity contribution in [1.29, 1.82) is 0 Å². The Morgan fingerprint density at radius 1 is 0.885 bits per heavy atom.